The van der Waals surface area contributed by atoms with Crippen molar-refractivity contribution < 1.29 is 19.1 Å². The van der Waals surface area contributed by atoms with Crippen LogP contribution in [0.2, 0.25) is 18.1 Å². The van der Waals surface area contributed by atoms with Crippen molar-refractivity contribution in [3.05, 3.63) is 11.8 Å². The van der Waals surface area contributed by atoms with Crippen LogP contribution < -0.4 is 11.1 Å². The Morgan fingerprint density at radius 2 is 1.81 bits per heavy atom. The standard InChI is InChI=1S/C19H39N3O4Si/c1-18(2,3)26-17(24)22-16(12-23)10-9-14(20)11-15(21)13-25-27(7,8)19(4,5)6/h11,16,21,23H,9-10,12-13,20H2,1-8H3,(H,22,24)/b14-11-,21-15?/t16-/m1/s1. The number of allylic oxidation sites excluding steroid dienone is 1. The highest BCUT2D eigenvalue weighted by molar-refractivity contribution is 6.74. The summed E-state index contributed by atoms with van der Waals surface area (Å²) < 4.78 is 11.2. The maximum Gasteiger partial charge on any atom is 0.407 e. The molecule has 7 nitrogen and oxygen atoms in total. The first-order valence-electron chi connectivity index (χ1n) is 9.35. The summed E-state index contributed by atoms with van der Waals surface area (Å²) in [5.74, 6) is 0. The molecular formula is C19H39N3O4Si. The average molecular weight is 402 g/mol. The number of aliphatic hydroxyl groups excluding tert-OH is 1. The van der Waals surface area contributed by atoms with E-state index in [2.05, 4.69) is 39.2 Å². The number of amides is 1. The number of ether oxygens (including phenoxy) is 1. The SMILES string of the molecule is CC(C)(C)OC(=O)N[C@@H](CO)CC/C(N)=C/C(=N)CO[Si](C)(C)C(C)(C)C. The largest absolute Gasteiger partial charge is 0.444 e. The Hall–Kier alpha value is -1.38. The van der Waals surface area contributed by atoms with Crippen molar-refractivity contribution in [1.82, 2.24) is 5.32 Å². The van der Waals surface area contributed by atoms with Crippen LogP contribution >= 0.6 is 0 Å². The summed E-state index contributed by atoms with van der Waals surface area (Å²) >= 11 is 0. The van der Waals surface area contributed by atoms with E-state index < -0.39 is 26.1 Å². The average Bonchev–Trinajstić information content (AvgIpc) is 2.46. The first-order chi connectivity index (χ1) is 12.1. The number of carbonyl (C=O) groups excluding carboxylic acids is 1. The van der Waals surface area contributed by atoms with Crippen LogP contribution in [0.1, 0.15) is 54.4 Å². The molecule has 5 N–H and O–H groups in total. The molecule has 0 saturated heterocycles. The quantitative estimate of drug-likeness (QED) is 0.348. The van der Waals surface area contributed by atoms with Gasteiger partial charge in [-0.2, -0.15) is 0 Å². The molecular weight excluding hydrogens is 362 g/mol. The normalized spacial score (nSPS) is 14.6. The van der Waals surface area contributed by atoms with Gasteiger partial charge >= 0.3 is 6.09 Å². The molecule has 8 heteroatoms. The second-order valence-corrected chi connectivity index (χ2v) is 14.2. The molecule has 0 rings (SSSR count). The number of hydrogen-bond donors (Lipinski definition) is 4. The van der Waals surface area contributed by atoms with Gasteiger partial charge in [0.2, 0.25) is 0 Å². The number of alkyl carbamates (subject to hydrolysis) is 1. The van der Waals surface area contributed by atoms with Gasteiger partial charge in [0.25, 0.3) is 0 Å². The van der Waals surface area contributed by atoms with Gasteiger partial charge in [-0.1, -0.05) is 20.8 Å². The molecule has 0 radical (unpaired) electrons. The van der Waals surface area contributed by atoms with Gasteiger partial charge in [-0.3, -0.25) is 0 Å². The maximum atomic E-state index is 11.8. The number of aliphatic hydroxyl groups is 1. The second kappa shape index (κ2) is 10.2. The van der Waals surface area contributed by atoms with Gasteiger partial charge in [0.1, 0.15) is 5.60 Å². The summed E-state index contributed by atoms with van der Waals surface area (Å²) in [6.07, 6.45) is 1.92. The fourth-order valence-electron chi connectivity index (χ4n) is 1.84. The Kier molecular flexibility index (Phi) is 9.72. The van der Waals surface area contributed by atoms with Gasteiger partial charge in [-0.05, 0) is 57.8 Å². The van der Waals surface area contributed by atoms with E-state index in [4.69, 9.17) is 20.3 Å². The number of rotatable bonds is 9. The highest BCUT2D eigenvalue weighted by atomic mass is 28.4. The Morgan fingerprint density at radius 3 is 2.26 bits per heavy atom. The summed E-state index contributed by atoms with van der Waals surface area (Å²) in [7, 11) is -1.90. The van der Waals surface area contributed by atoms with Crippen molar-refractivity contribution >= 4 is 20.1 Å². The van der Waals surface area contributed by atoms with Crippen molar-refractivity contribution in [2.75, 3.05) is 13.2 Å². The van der Waals surface area contributed by atoms with E-state index in [9.17, 15) is 9.90 Å². The van der Waals surface area contributed by atoms with Crippen LogP contribution in [0.4, 0.5) is 4.79 Å². The summed E-state index contributed by atoms with van der Waals surface area (Å²) in [6.45, 7) is 16.1. The highest BCUT2D eigenvalue weighted by Crippen LogP contribution is 2.36. The molecule has 1 amide bonds. The molecule has 0 saturated carbocycles. The van der Waals surface area contributed by atoms with Crippen LogP contribution in [0.25, 0.3) is 0 Å². The van der Waals surface area contributed by atoms with E-state index >= 15 is 0 Å². The van der Waals surface area contributed by atoms with Crippen LogP contribution in [-0.4, -0.2) is 50.1 Å². The lowest BCUT2D eigenvalue weighted by molar-refractivity contribution is 0.0479. The molecule has 0 aliphatic heterocycles. The lowest BCUT2D eigenvalue weighted by Crippen LogP contribution is -2.42. The Morgan fingerprint density at radius 1 is 1.26 bits per heavy atom. The van der Waals surface area contributed by atoms with Crippen LogP contribution in [0, 0.1) is 5.41 Å². The molecule has 27 heavy (non-hydrogen) atoms. The monoisotopic (exact) mass is 401 g/mol. The van der Waals surface area contributed by atoms with Crippen molar-refractivity contribution in [3.8, 4) is 0 Å². The maximum absolute atomic E-state index is 11.8. The van der Waals surface area contributed by atoms with Crippen molar-refractivity contribution in [2.45, 2.75) is 84.2 Å². The van der Waals surface area contributed by atoms with Gasteiger partial charge in [0.05, 0.1) is 25.0 Å². The third-order valence-electron chi connectivity index (χ3n) is 4.48. The lowest BCUT2D eigenvalue weighted by atomic mass is 10.1. The molecule has 0 aromatic rings. The van der Waals surface area contributed by atoms with E-state index in [-0.39, 0.29) is 18.3 Å². The van der Waals surface area contributed by atoms with Crippen LogP contribution in [0.3, 0.4) is 0 Å². The molecule has 0 bridgehead atoms. The Bertz CT molecular complexity index is 534. The molecule has 0 aliphatic carbocycles. The van der Waals surface area contributed by atoms with Crippen molar-refractivity contribution in [2.24, 2.45) is 5.73 Å². The zero-order valence-electron chi connectivity index (χ0n) is 18.2. The first-order valence-corrected chi connectivity index (χ1v) is 12.3. The Labute approximate surface area is 165 Å². The molecule has 0 aromatic heterocycles. The lowest BCUT2D eigenvalue weighted by Gasteiger charge is -2.36. The van der Waals surface area contributed by atoms with Crippen LogP contribution in [0.5, 0.6) is 0 Å². The molecule has 0 aliphatic rings. The number of carbonyl (C=O) groups is 1. The predicted octanol–water partition coefficient (Wildman–Crippen LogP) is 3.54. The second-order valence-electron chi connectivity index (χ2n) is 9.36. The molecule has 0 spiro atoms. The molecule has 0 unspecified atom stereocenters. The molecule has 158 valence electrons. The zero-order chi connectivity index (χ0) is 21.5. The number of nitrogens with two attached hydrogens (primary N) is 1. The summed E-state index contributed by atoms with van der Waals surface area (Å²) in [5, 5.41) is 20.2. The fourth-order valence-corrected chi connectivity index (χ4v) is 2.79. The predicted molar refractivity (Wildman–Crippen MR) is 113 cm³/mol. The topological polar surface area (TPSA) is 118 Å². The summed E-state index contributed by atoms with van der Waals surface area (Å²) in [6, 6.07) is -0.454. The van der Waals surface area contributed by atoms with Gasteiger partial charge in [-0.25, -0.2) is 4.79 Å². The van der Waals surface area contributed by atoms with Gasteiger partial charge in [0, 0.05) is 5.70 Å². The van der Waals surface area contributed by atoms with Crippen LogP contribution in [-0.2, 0) is 9.16 Å². The molecule has 0 heterocycles. The third kappa shape index (κ3) is 11.1. The van der Waals surface area contributed by atoms with Crippen molar-refractivity contribution in [3.63, 3.8) is 0 Å². The third-order valence-corrected chi connectivity index (χ3v) is 8.96. The minimum absolute atomic E-state index is 0.0875. The van der Waals surface area contributed by atoms with Gasteiger partial charge in [0.15, 0.2) is 8.32 Å². The molecule has 0 aromatic carbocycles. The van der Waals surface area contributed by atoms with Crippen molar-refractivity contribution in [1.29, 1.82) is 5.41 Å². The van der Waals surface area contributed by atoms with E-state index in [0.717, 1.165) is 0 Å². The first kappa shape index (κ1) is 25.6. The van der Waals surface area contributed by atoms with Gasteiger partial charge in [-0.15, -0.1) is 0 Å². The van der Waals surface area contributed by atoms with E-state index in [1.54, 1.807) is 26.8 Å². The van der Waals surface area contributed by atoms with Crippen LogP contribution in [0.15, 0.2) is 11.8 Å². The van der Waals surface area contributed by atoms with Gasteiger partial charge < -0.3 is 30.7 Å². The van der Waals surface area contributed by atoms with E-state index in [1.165, 1.54) is 0 Å². The fraction of sp³-hybridized carbons (Fsp3) is 0.789. The minimum Gasteiger partial charge on any atom is -0.444 e. The molecule has 0 fully saturated rings. The minimum atomic E-state index is -1.90. The summed E-state index contributed by atoms with van der Waals surface area (Å²) in [5.41, 5.74) is 6.23. The van der Waals surface area contributed by atoms with E-state index in [0.29, 0.717) is 24.3 Å². The van der Waals surface area contributed by atoms with E-state index in [1.807, 2.05) is 0 Å². The Balaban J connectivity index is 4.51. The summed E-state index contributed by atoms with van der Waals surface area (Å²) in [4.78, 5) is 11.8. The number of hydrogen-bond acceptors (Lipinski definition) is 6. The highest BCUT2D eigenvalue weighted by Gasteiger charge is 2.37. The number of nitrogens with one attached hydrogen (secondary N) is 2. The molecule has 1 atom stereocenters. The zero-order valence-corrected chi connectivity index (χ0v) is 19.2. The smallest absolute Gasteiger partial charge is 0.407 e.